The second kappa shape index (κ2) is 6.90. The summed E-state index contributed by atoms with van der Waals surface area (Å²) in [5, 5.41) is 0. The van der Waals surface area contributed by atoms with Gasteiger partial charge in [0.25, 0.3) is 0 Å². The summed E-state index contributed by atoms with van der Waals surface area (Å²) in [5.41, 5.74) is -0.354. The number of nitrogens with zero attached hydrogens (tertiary/aromatic N) is 1. The summed E-state index contributed by atoms with van der Waals surface area (Å²) in [4.78, 5) is 11.8. The number of quaternary nitrogens is 1. The van der Waals surface area contributed by atoms with Crippen LogP contribution in [0.15, 0.2) is 0 Å². The summed E-state index contributed by atoms with van der Waals surface area (Å²) in [5.74, 6) is -0.0838. The number of unbranched alkanes of at least 4 members (excludes halogenated alkanes) is 1. The molecule has 17 heavy (non-hydrogen) atoms. The molecule has 0 radical (unpaired) electrons. The minimum Gasteiger partial charge on any atom is -0.459 e. The van der Waals surface area contributed by atoms with E-state index in [1.54, 1.807) is 0 Å². The molecule has 0 spiro atoms. The first-order chi connectivity index (χ1) is 7.75. The predicted octanol–water partition coefficient (Wildman–Crippen LogP) is 2.66. The van der Waals surface area contributed by atoms with E-state index < -0.39 is 0 Å². The molecule has 3 heteroatoms. The largest absolute Gasteiger partial charge is 0.459 e. The molecule has 3 nitrogen and oxygen atoms in total. The van der Waals surface area contributed by atoms with Crippen molar-refractivity contribution in [3.8, 4) is 0 Å². The zero-order chi connectivity index (χ0) is 13.5. The zero-order valence-electron chi connectivity index (χ0n) is 12.4. The van der Waals surface area contributed by atoms with Crippen LogP contribution in [-0.2, 0) is 9.53 Å². The summed E-state index contributed by atoms with van der Waals surface area (Å²) < 4.78 is 6.21. The lowest BCUT2D eigenvalue weighted by Gasteiger charge is -2.27. The van der Waals surface area contributed by atoms with Gasteiger partial charge in [0.05, 0.1) is 25.9 Å². The fourth-order valence-electron chi connectivity index (χ4n) is 1.30. The maximum absolute atomic E-state index is 11.8. The molecule has 0 aromatic carbocycles. The second-order valence-electron chi connectivity index (χ2n) is 5.91. The van der Waals surface area contributed by atoms with Crippen LogP contribution in [0.2, 0.25) is 0 Å². The van der Waals surface area contributed by atoms with E-state index in [1.807, 2.05) is 20.8 Å². The van der Waals surface area contributed by atoms with Crippen LogP contribution in [0.3, 0.4) is 0 Å². The Balaban J connectivity index is 3.94. The number of hydrogen-bond acceptors (Lipinski definition) is 2. The number of ether oxygens (including phenoxy) is 1. The lowest BCUT2D eigenvalue weighted by Crippen LogP contribution is -2.44. The van der Waals surface area contributed by atoms with Crippen molar-refractivity contribution in [2.45, 2.75) is 40.5 Å². The molecular weight excluding hydrogens is 214 g/mol. The van der Waals surface area contributed by atoms with Crippen LogP contribution < -0.4 is 0 Å². The minimum atomic E-state index is -0.354. The summed E-state index contributed by atoms with van der Waals surface area (Å²) in [6.07, 6.45) is 4.16. The zero-order valence-corrected chi connectivity index (χ0v) is 12.4. The molecule has 0 bridgehead atoms. The van der Waals surface area contributed by atoms with Gasteiger partial charge in [-0.2, -0.15) is 0 Å². The molecular formula is C14H29NO2+2. The Morgan fingerprint density at radius 1 is 1.29 bits per heavy atom. The van der Waals surface area contributed by atoms with Gasteiger partial charge in [-0.3, -0.25) is 9.28 Å². The van der Waals surface area contributed by atoms with Crippen molar-refractivity contribution in [1.82, 2.24) is 0 Å². The number of hydrogen-bond donors (Lipinski definition) is 0. The summed E-state index contributed by atoms with van der Waals surface area (Å²) in [6, 6.07) is 0. The first-order valence-corrected chi connectivity index (χ1v) is 6.56. The summed E-state index contributed by atoms with van der Waals surface area (Å²) in [6.45, 7) is 10.4. The lowest BCUT2D eigenvalue weighted by molar-refractivity contribution is -0.886. The van der Waals surface area contributed by atoms with E-state index in [0.29, 0.717) is 6.61 Å². The van der Waals surface area contributed by atoms with E-state index in [0.717, 1.165) is 30.4 Å². The predicted molar refractivity (Wildman–Crippen MR) is 71.5 cm³/mol. The number of carbonyl (C=O) groups excluding carboxylic acids is 1. The van der Waals surface area contributed by atoms with Gasteiger partial charge in [-0.25, -0.2) is 0 Å². The molecule has 0 amide bonds. The average molecular weight is 243 g/mol. The van der Waals surface area contributed by atoms with Crippen molar-refractivity contribution in [1.29, 1.82) is 0 Å². The maximum Gasteiger partial charge on any atom is 0.311 e. The molecule has 0 fully saturated rings. The van der Waals surface area contributed by atoms with Crippen LogP contribution >= 0.6 is 0 Å². The van der Waals surface area contributed by atoms with Crippen LogP contribution in [0, 0.1) is 11.8 Å². The lowest BCUT2D eigenvalue weighted by atomic mass is 9.91. The van der Waals surface area contributed by atoms with Gasteiger partial charge >= 0.3 is 5.97 Å². The molecule has 0 N–H and O–H groups in total. The van der Waals surface area contributed by atoms with Gasteiger partial charge in [0.2, 0.25) is 6.54 Å². The average Bonchev–Trinajstić information content (AvgIpc) is 2.26. The van der Waals surface area contributed by atoms with E-state index in [2.05, 4.69) is 27.4 Å². The van der Waals surface area contributed by atoms with Crippen molar-refractivity contribution in [2.75, 3.05) is 33.8 Å². The number of carbonyl (C=O) groups is 1. The Morgan fingerprint density at radius 3 is 2.35 bits per heavy atom. The molecule has 0 aliphatic rings. The van der Waals surface area contributed by atoms with E-state index >= 15 is 0 Å². The molecule has 0 saturated carbocycles. The number of esters is 1. The Kier molecular flexibility index (Phi) is 6.61. The molecule has 100 valence electrons. The molecule has 0 heterocycles. The molecule has 0 aliphatic heterocycles. The monoisotopic (exact) mass is 243 g/mol. The van der Waals surface area contributed by atoms with Crippen LogP contribution in [0.1, 0.15) is 40.5 Å². The van der Waals surface area contributed by atoms with Crippen molar-refractivity contribution in [3.63, 3.8) is 0 Å². The quantitative estimate of drug-likeness (QED) is 0.372. The highest BCUT2D eigenvalue weighted by Crippen LogP contribution is 2.21. The molecule has 0 saturated heterocycles. The van der Waals surface area contributed by atoms with Gasteiger partial charge in [0.1, 0.15) is 19.6 Å². The van der Waals surface area contributed by atoms with Crippen molar-refractivity contribution in [2.24, 2.45) is 5.41 Å². The van der Waals surface area contributed by atoms with Crippen LogP contribution in [0.5, 0.6) is 0 Å². The molecule has 0 atom stereocenters. The Hall–Kier alpha value is -0.700. The normalized spacial score (nSPS) is 12.4. The third-order valence-electron chi connectivity index (χ3n) is 3.28. The Morgan fingerprint density at radius 2 is 1.88 bits per heavy atom. The van der Waals surface area contributed by atoms with Crippen LogP contribution in [0.25, 0.3) is 0 Å². The van der Waals surface area contributed by atoms with Gasteiger partial charge in [-0.15, -0.1) is 0 Å². The smallest absolute Gasteiger partial charge is 0.311 e. The highest BCUT2D eigenvalue weighted by Gasteiger charge is 2.28. The highest BCUT2D eigenvalue weighted by atomic mass is 16.5. The highest BCUT2D eigenvalue weighted by molar-refractivity contribution is 5.75. The topological polar surface area (TPSA) is 26.3 Å². The van der Waals surface area contributed by atoms with Gasteiger partial charge in [-0.05, 0) is 27.2 Å². The van der Waals surface area contributed by atoms with E-state index in [-0.39, 0.29) is 11.4 Å². The third kappa shape index (κ3) is 6.57. The standard InChI is InChI=1S/C14H29NO2/c1-7-9-10-15(5,6)11-12-17-13(16)14(3,4)8-2/h9H,7-8,10-12H2,1-6H3/q+2. The fourth-order valence-corrected chi connectivity index (χ4v) is 1.30. The van der Waals surface area contributed by atoms with Crippen molar-refractivity contribution in [3.05, 3.63) is 6.42 Å². The Bertz CT molecular complexity index is 234. The minimum absolute atomic E-state index is 0.0838. The first-order valence-electron chi connectivity index (χ1n) is 6.56. The molecule has 0 unspecified atom stereocenters. The Labute approximate surface area is 107 Å². The summed E-state index contributed by atoms with van der Waals surface area (Å²) >= 11 is 0. The third-order valence-corrected chi connectivity index (χ3v) is 3.28. The molecule has 0 aromatic rings. The van der Waals surface area contributed by atoms with Crippen molar-refractivity contribution < 1.29 is 14.0 Å². The number of rotatable bonds is 8. The summed E-state index contributed by atoms with van der Waals surface area (Å²) in [7, 11) is 4.32. The van der Waals surface area contributed by atoms with Crippen molar-refractivity contribution >= 4 is 5.97 Å². The van der Waals surface area contributed by atoms with E-state index in [4.69, 9.17) is 4.74 Å². The molecule has 0 aromatic heterocycles. The van der Waals surface area contributed by atoms with E-state index in [1.165, 1.54) is 0 Å². The second-order valence-corrected chi connectivity index (χ2v) is 5.91. The first kappa shape index (κ1) is 16.3. The van der Waals surface area contributed by atoms with Gasteiger partial charge in [0.15, 0.2) is 0 Å². The van der Waals surface area contributed by atoms with Crippen LogP contribution in [-0.4, -0.2) is 44.2 Å². The maximum atomic E-state index is 11.8. The van der Waals surface area contributed by atoms with Gasteiger partial charge in [-0.1, -0.05) is 6.92 Å². The molecule has 0 rings (SSSR count). The van der Waals surface area contributed by atoms with Crippen LogP contribution in [0.4, 0.5) is 0 Å². The van der Waals surface area contributed by atoms with E-state index in [9.17, 15) is 4.79 Å². The fraction of sp³-hybridized carbons (Fsp3) is 0.857. The SMILES string of the molecule is CC[CH+]C[N+](C)(C)CCOC(=O)C(C)(C)CC. The van der Waals surface area contributed by atoms with Gasteiger partial charge < -0.3 is 4.74 Å². The molecule has 0 aliphatic carbocycles. The van der Waals surface area contributed by atoms with Gasteiger partial charge in [0, 0.05) is 0 Å². The number of likely N-dealkylation sites (N-methyl/N-ethyl adjacent to an activating group) is 1.